The zero-order chi connectivity index (χ0) is 12.2. The molecule has 3 heteroatoms. The third-order valence-electron chi connectivity index (χ3n) is 2.98. The van der Waals surface area contributed by atoms with Crippen LogP contribution in [0.15, 0.2) is 0 Å². The summed E-state index contributed by atoms with van der Waals surface area (Å²) in [6.45, 7) is 8.52. The third-order valence-corrected chi connectivity index (χ3v) is 2.98. The van der Waals surface area contributed by atoms with Gasteiger partial charge in [-0.1, -0.05) is 19.3 Å². The van der Waals surface area contributed by atoms with E-state index >= 15 is 0 Å². The average molecular weight is 227 g/mol. The molecular weight excluding hydrogens is 202 g/mol. The van der Waals surface area contributed by atoms with E-state index in [2.05, 4.69) is 0 Å². The van der Waals surface area contributed by atoms with Crippen LogP contribution in [-0.4, -0.2) is 29.2 Å². The molecule has 0 aromatic carbocycles. The van der Waals surface area contributed by atoms with Crippen LogP contribution in [0.25, 0.3) is 0 Å². The first-order chi connectivity index (χ1) is 7.44. The summed E-state index contributed by atoms with van der Waals surface area (Å²) >= 11 is 0. The molecule has 1 amide bonds. The van der Waals surface area contributed by atoms with Gasteiger partial charge in [-0.25, -0.2) is 4.79 Å². The minimum atomic E-state index is -0.390. The Labute approximate surface area is 99.1 Å². The number of ether oxygens (including phenoxy) is 1. The number of rotatable bonds is 2. The molecule has 1 aliphatic carbocycles. The van der Waals surface area contributed by atoms with E-state index in [0.717, 1.165) is 19.4 Å². The molecule has 0 spiro atoms. The summed E-state index contributed by atoms with van der Waals surface area (Å²) in [6.07, 6.45) is 5.90. The Morgan fingerprint density at radius 3 is 2.25 bits per heavy atom. The molecule has 1 rings (SSSR count). The molecule has 0 atom stereocenters. The highest BCUT2D eigenvalue weighted by Gasteiger charge is 2.27. The summed E-state index contributed by atoms with van der Waals surface area (Å²) < 4.78 is 5.43. The van der Waals surface area contributed by atoms with Crippen LogP contribution in [0.4, 0.5) is 4.79 Å². The van der Waals surface area contributed by atoms with Crippen molar-refractivity contribution in [1.82, 2.24) is 4.90 Å². The SMILES string of the molecule is CCN(C(=O)OC(C)(C)C)C1CCCCC1. The van der Waals surface area contributed by atoms with Crippen LogP contribution >= 0.6 is 0 Å². The lowest BCUT2D eigenvalue weighted by Crippen LogP contribution is -2.44. The molecule has 0 unspecified atom stereocenters. The minimum absolute atomic E-state index is 0.151. The Morgan fingerprint density at radius 1 is 1.25 bits per heavy atom. The van der Waals surface area contributed by atoms with Gasteiger partial charge in [0.15, 0.2) is 0 Å². The monoisotopic (exact) mass is 227 g/mol. The number of amides is 1. The van der Waals surface area contributed by atoms with Crippen LogP contribution in [0, 0.1) is 0 Å². The summed E-state index contributed by atoms with van der Waals surface area (Å²) in [5.41, 5.74) is -0.390. The van der Waals surface area contributed by atoms with Crippen LogP contribution in [0.2, 0.25) is 0 Å². The second-order valence-corrected chi connectivity index (χ2v) is 5.56. The molecule has 0 heterocycles. The molecule has 1 aliphatic rings. The Bertz CT molecular complexity index is 227. The van der Waals surface area contributed by atoms with Gasteiger partial charge in [0, 0.05) is 12.6 Å². The lowest BCUT2D eigenvalue weighted by molar-refractivity contribution is 0.0136. The van der Waals surface area contributed by atoms with Gasteiger partial charge in [0.05, 0.1) is 0 Å². The summed E-state index contributed by atoms with van der Waals surface area (Å²) in [6, 6.07) is 0.397. The molecule has 0 radical (unpaired) electrons. The largest absolute Gasteiger partial charge is 0.444 e. The Kier molecular flexibility index (Phi) is 4.63. The van der Waals surface area contributed by atoms with Crippen molar-refractivity contribution in [2.45, 2.75) is 71.4 Å². The van der Waals surface area contributed by atoms with Gasteiger partial charge in [-0.2, -0.15) is 0 Å². The second-order valence-electron chi connectivity index (χ2n) is 5.56. The Hall–Kier alpha value is -0.730. The third kappa shape index (κ3) is 4.03. The van der Waals surface area contributed by atoms with E-state index in [1.54, 1.807) is 0 Å². The summed E-state index contributed by atoms with van der Waals surface area (Å²) in [5.74, 6) is 0. The van der Waals surface area contributed by atoms with Crippen molar-refractivity contribution in [1.29, 1.82) is 0 Å². The quantitative estimate of drug-likeness (QED) is 0.721. The van der Waals surface area contributed by atoms with Crippen molar-refractivity contribution in [2.75, 3.05) is 6.54 Å². The maximum absolute atomic E-state index is 12.0. The molecule has 0 N–H and O–H groups in total. The van der Waals surface area contributed by atoms with E-state index in [-0.39, 0.29) is 11.7 Å². The van der Waals surface area contributed by atoms with Gasteiger partial charge < -0.3 is 9.64 Å². The Balaban J connectivity index is 2.55. The lowest BCUT2D eigenvalue weighted by atomic mass is 9.94. The molecule has 3 nitrogen and oxygen atoms in total. The fourth-order valence-electron chi connectivity index (χ4n) is 2.25. The number of hydrogen-bond acceptors (Lipinski definition) is 2. The van der Waals surface area contributed by atoms with Crippen LogP contribution < -0.4 is 0 Å². The lowest BCUT2D eigenvalue weighted by Gasteiger charge is -2.34. The fourth-order valence-corrected chi connectivity index (χ4v) is 2.25. The number of carbonyl (C=O) groups excluding carboxylic acids is 1. The highest BCUT2D eigenvalue weighted by atomic mass is 16.6. The van der Waals surface area contributed by atoms with Gasteiger partial charge in [-0.3, -0.25) is 0 Å². The minimum Gasteiger partial charge on any atom is -0.444 e. The summed E-state index contributed by atoms with van der Waals surface area (Å²) in [7, 11) is 0. The van der Waals surface area contributed by atoms with E-state index < -0.39 is 0 Å². The molecule has 0 saturated heterocycles. The Morgan fingerprint density at radius 2 is 1.81 bits per heavy atom. The first kappa shape index (κ1) is 13.3. The normalized spacial score (nSPS) is 18.2. The van der Waals surface area contributed by atoms with Crippen LogP contribution in [0.1, 0.15) is 59.8 Å². The summed E-state index contributed by atoms with van der Waals surface area (Å²) in [4.78, 5) is 13.9. The second kappa shape index (κ2) is 5.55. The maximum Gasteiger partial charge on any atom is 0.410 e. The van der Waals surface area contributed by atoms with E-state index in [0.29, 0.717) is 6.04 Å². The van der Waals surface area contributed by atoms with Crippen LogP contribution in [-0.2, 0) is 4.74 Å². The molecule has 94 valence electrons. The van der Waals surface area contributed by atoms with Crippen molar-refractivity contribution in [2.24, 2.45) is 0 Å². The van der Waals surface area contributed by atoms with Gasteiger partial charge in [0.1, 0.15) is 5.60 Å². The van der Waals surface area contributed by atoms with E-state index in [1.807, 2.05) is 32.6 Å². The van der Waals surface area contributed by atoms with Gasteiger partial charge in [-0.05, 0) is 40.5 Å². The molecule has 16 heavy (non-hydrogen) atoms. The van der Waals surface area contributed by atoms with Crippen LogP contribution in [0.3, 0.4) is 0 Å². The van der Waals surface area contributed by atoms with Crippen molar-refractivity contribution >= 4 is 6.09 Å². The van der Waals surface area contributed by atoms with E-state index in [4.69, 9.17) is 4.74 Å². The fraction of sp³-hybridized carbons (Fsp3) is 0.923. The highest BCUT2D eigenvalue weighted by molar-refractivity contribution is 5.68. The smallest absolute Gasteiger partial charge is 0.410 e. The van der Waals surface area contributed by atoms with Crippen molar-refractivity contribution in [3.05, 3.63) is 0 Å². The molecule has 1 saturated carbocycles. The first-order valence-corrected chi connectivity index (χ1v) is 6.43. The predicted octanol–water partition coefficient (Wildman–Crippen LogP) is 3.58. The number of hydrogen-bond donors (Lipinski definition) is 0. The van der Waals surface area contributed by atoms with Crippen molar-refractivity contribution in [3.63, 3.8) is 0 Å². The number of carbonyl (C=O) groups is 1. The summed E-state index contributed by atoms with van der Waals surface area (Å²) in [5, 5.41) is 0. The van der Waals surface area contributed by atoms with Crippen molar-refractivity contribution in [3.8, 4) is 0 Å². The van der Waals surface area contributed by atoms with E-state index in [1.165, 1.54) is 19.3 Å². The molecular formula is C13H25NO2. The highest BCUT2D eigenvalue weighted by Crippen LogP contribution is 2.24. The molecule has 0 aromatic rings. The van der Waals surface area contributed by atoms with Gasteiger partial charge in [-0.15, -0.1) is 0 Å². The number of nitrogens with zero attached hydrogens (tertiary/aromatic N) is 1. The van der Waals surface area contributed by atoms with Crippen LogP contribution in [0.5, 0.6) is 0 Å². The van der Waals surface area contributed by atoms with E-state index in [9.17, 15) is 4.79 Å². The zero-order valence-electron chi connectivity index (χ0n) is 11.1. The molecule has 0 aliphatic heterocycles. The topological polar surface area (TPSA) is 29.5 Å². The zero-order valence-corrected chi connectivity index (χ0v) is 11.1. The van der Waals surface area contributed by atoms with Gasteiger partial charge in [0.2, 0.25) is 0 Å². The molecule has 1 fully saturated rings. The average Bonchev–Trinajstić information content (AvgIpc) is 2.17. The molecule has 0 bridgehead atoms. The predicted molar refractivity (Wildman–Crippen MR) is 65.5 cm³/mol. The van der Waals surface area contributed by atoms with Gasteiger partial charge in [0.25, 0.3) is 0 Å². The van der Waals surface area contributed by atoms with Crippen molar-refractivity contribution < 1.29 is 9.53 Å². The maximum atomic E-state index is 12.0. The standard InChI is InChI=1S/C13H25NO2/c1-5-14(11-9-7-6-8-10-11)12(15)16-13(2,3)4/h11H,5-10H2,1-4H3. The van der Waals surface area contributed by atoms with Gasteiger partial charge >= 0.3 is 6.09 Å². The molecule has 0 aromatic heterocycles. The first-order valence-electron chi connectivity index (χ1n) is 6.43.